The Balaban J connectivity index is 1.47. The summed E-state index contributed by atoms with van der Waals surface area (Å²) in [5, 5.41) is 3.08. The van der Waals surface area contributed by atoms with Gasteiger partial charge in [-0.1, -0.05) is 42.0 Å². The number of nitrogens with one attached hydrogen (secondary N) is 1. The summed E-state index contributed by atoms with van der Waals surface area (Å²) in [5.41, 5.74) is 6.34. The van der Waals surface area contributed by atoms with Crippen LogP contribution in [-0.2, 0) is 20.8 Å². The zero-order valence-corrected chi connectivity index (χ0v) is 17.2. The molecular weight excluding hydrogens is 362 g/mol. The number of carbonyl (C=O) groups excluding carboxylic acids is 3. The molecule has 4 rings (SSSR count). The van der Waals surface area contributed by atoms with Crippen LogP contribution in [0, 0.1) is 26.7 Å². The van der Waals surface area contributed by atoms with Crippen LogP contribution in [0.25, 0.3) is 0 Å². The Morgan fingerprint density at radius 1 is 1.07 bits per heavy atom. The van der Waals surface area contributed by atoms with E-state index >= 15 is 0 Å². The maximum atomic E-state index is 13.1. The maximum Gasteiger partial charge on any atom is 0.221 e. The highest BCUT2D eigenvalue weighted by atomic mass is 16.2. The molecule has 0 saturated heterocycles. The highest BCUT2D eigenvalue weighted by Crippen LogP contribution is 2.38. The van der Waals surface area contributed by atoms with Gasteiger partial charge in [-0.05, 0) is 61.4 Å². The van der Waals surface area contributed by atoms with Gasteiger partial charge in [0.2, 0.25) is 5.91 Å². The fraction of sp³-hybridized carbons (Fsp3) is 0.400. The van der Waals surface area contributed by atoms with Crippen LogP contribution >= 0.6 is 0 Å². The third-order valence-corrected chi connectivity index (χ3v) is 6.38. The average molecular weight is 389 g/mol. The normalized spacial score (nSPS) is 23.3. The van der Waals surface area contributed by atoms with E-state index in [4.69, 9.17) is 0 Å². The van der Waals surface area contributed by atoms with Crippen molar-refractivity contribution in [2.24, 2.45) is 5.92 Å². The van der Waals surface area contributed by atoms with Crippen LogP contribution in [0.4, 0.5) is 0 Å². The Labute approximate surface area is 171 Å². The minimum atomic E-state index is -0.722. The number of Topliss-reactive ketones (excluding diaryl/α,β-unsaturated/α-hetero) is 2. The third-order valence-electron chi connectivity index (χ3n) is 6.38. The molecular formula is C25H27NO3. The van der Waals surface area contributed by atoms with Crippen molar-refractivity contribution in [2.75, 3.05) is 0 Å². The second-order valence-electron chi connectivity index (χ2n) is 8.58. The van der Waals surface area contributed by atoms with E-state index in [0.717, 1.165) is 35.1 Å². The fourth-order valence-corrected chi connectivity index (χ4v) is 5.16. The molecule has 3 unspecified atom stereocenters. The quantitative estimate of drug-likeness (QED) is 0.803. The van der Waals surface area contributed by atoms with Crippen molar-refractivity contribution in [3.8, 4) is 0 Å². The number of carbonyl (C=O) groups is 3. The Hall–Kier alpha value is -2.75. The Morgan fingerprint density at radius 3 is 2.48 bits per heavy atom. The van der Waals surface area contributed by atoms with Gasteiger partial charge in [0.05, 0.1) is 6.04 Å². The van der Waals surface area contributed by atoms with Gasteiger partial charge in [0.25, 0.3) is 0 Å². The molecule has 1 fully saturated rings. The largest absolute Gasteiger partial charge is 0.349 e. The summed E-state index contributed by atoms with van der Waals surface area (Å²) in [6, 6.07) is 12.2. The fourth-order valence-electron chi connectivity index (χ4n) is 5.16. The summed E-state index contributed by atoms with van der Waals surface area (Å²) in [7, 11) is 0. The van der Waals surface area contributed by atoms with Gasteiger partial charge < -0.3 is 5.32 Å². The van der Waals surface area contributed by atoms with Crippen molar-refractivity contribution in [3.63, 3.8) is 0 Å². The molecule has 0 aliphatic heterocycles. The van der Waals surface area contributed by atoms with Gasteiger partial charge in [-0.25, -0.2) is 0 Å². The zero-order chi connectivity index (χ0) is 20.7. The summed E-state index contributed by atoms with van der Waals surface area (Å²) in [4.78, 5) is 38.5. The monoisotopic (exact) mass is 389 g/mol. The summed E-state index contributed by atoms with van der Waals surface area (Å²) in [6.07, 6.45) is 2.08. The van der Waals surface area contributed by atoms with Gasteiger partial charge in [0.1, 0.15) is 11.7 Å². The maximum absolute atomic E-state index is 13.1. The number of hydrogen-bond acceptors (Lipinski definition) is 3. The Morgan fingerprint density at radius 2 is 1.76 bits per heavy atom. The molecule has 2 aromatic rings. The van der Waals surface area contributed by atoms with E-state index in [9.17, 15) is 14.4 Å². The number of amides is 1. The average Bonchev–Trinajstić information content (AvgIpc) is 3.17. The molecule has 1 saturated carbocycles. The van der Waals surface area contributed by atoms with Crippen LogP contribution in [0.3, 0.4) is 0 Å². The summed E-state index contributed by atoms with van der Waals surface area (Å²) in [6.45, 7) is 5.91. The second kappa shape index (κ2) is 7.58. The summed E-state index contributed by atoms with van der Waals surface area (Å²) >= 11 is 0. The van der Waals surface area contributed by atoms with Crippen molar-refractivity contribution in [3.05, 3.63) is 69.8 Å². The lowest BCUT2D eigenvalue weighted by Crippen LogP contribution is -2.30. The minimum Gasteiger partial charge on any atom is -0.349 e. The first-order valence-corrected chi connectivity index (χ1v) is 10.4. The van der Waals surface area contributed by atoms with E-state index in [2.05, 4.69) is 17.4 Å². The van der Waals surface area contributed by atoms with Gasteiger partial charge in [-0.3, -0.25) is 14.4 Å². The lowest BCUT2D eigenvalue weighted by molar-refractivity contribution is -0.129. The standard InChI is InChI=1S/C25H27NO3/c1-14-10-15(2)23(16(3)11-14)24-21(27)12-18(25(24)29)13-22(28)26-20-9-8-17-6-4-5-7-19(17)20/h4-7,10-11,18,20,24H,8-9,12-13H2,1-3H3,(H,26,28). The number of fused-ring (bicyclic) bond motifs is 1. The molecule has 0 bridgehead atoms. The number of hydrogen-bond donors (Lipinski definition) is 1. The van der Waals surface area contributed by atoms with Gasteiger partial charge in [-0.15, -0.1) is 0 Å². The SMILES string of the molecule is Cc1cc(C)c(C2C(=O)CC(CC(=O)NC3CCc4ccccc43)C2=O)c(C)c1. The van der Waals surface area contributed by atoms with Crippen LogP contribution in [-0.4, -0.2) is 17.5 Å². The van der Waals surface area contributed by atoms with Crippen LogP contribution in [0.5, 0.6) is 0 Å². The van der Waals surface area contributed by atoms with Crippen LogP contribution in [0.15, 0.2) is 36.4 Å². The molecule has 4 nitrogen and oxygen atoms in total. The molecule has 3 atom stereocenters. The molecule has 0 radical (unpaired) electrons. The highest BCUT2D eigenvalue weighted by molar-refractivity contribution is 6.15. The minimum absolute atomic E-state index is 0.00305. The zero-order valence-electron chi connectivity index (χ0n) is 17.2. The van der Waals surface area contributed by atoms with Crippen molar-refractivity contribution in [1.82, 2.24) is 5.32 Å². The molecule has 0 spiro atoms. The molecule has 2 aromatic carbocycles. The molecule has 4 heteroatoms. The number of ketones is 2. The summed E-state index contributed by atoms with van der Waals surface area (Å²) in [5.74, 6) is -1.55. The topological polar surface area (TPSA) is 63.2 Å². The molecule has 1 N–H and O–H groups in total. The molecule has 2 aliphatic rings. The van der Waals surface area contributed by atoms with Crippen LogP contribution in [0.1, 0.15) is 64.6 Å². The highest BCUT2D eigenvalue weighted by Gasteiger charge is 2.44. The second-order valence-corrected chi connectivity index (χ2v) is 8.58. The van der Waals surface area contributed by atoms with Crippen molar-refractivity contribution in [1.29, 1.82) is 0 Å². The number of aryl methyl sites for hydroxylation is 4. The molecule has 2 aliphatic carbocycles. The molecule has 0 heterocycles. The van der Waals surface area contributed by atoms with E-state index in [0.29, 0.717) is 0 Å². The summed E-state index contributed by atoms with van der Waals surface area (Å²) < 4.78 is 0. The Kier molecular flexibility index (Phi) is 5.12. The van der Waals surface area contributed by atoms with Crippen molar-refractivity contribution >= 4 is 17.5 Å². The van der Waals surface area contributed by atoms with E-state index < -0.39 is 11.8 Å². The molecule has 1 amide bonds. The molecule has 150 valence electrons. The van der Waals surface area contributed by atoms with E-state index in [1.54, 1.807) is 0 Å². The van der Waals surface area contributed by atoms with Gasteiger partial charge >= 0.3 is 0 Å². The van der Waals surface area contributed by atoms with Gasteiger partial charge in [0, 0.05) is 18.8 Å². The van der Waals surface area contributed by atoms with Gasteiger partial charge in [0.15, 0.2) is 5.78 Å². The predicted octanol–water partition coefficient (Wildman–Crippen LogP) is 4.05. The van der Waals surface area contributed by atoms with E-state index in [1.165, 1.54) is 11.1 Å². The van der Waals surface area contributed by atoms with Crippen LogP contribution < -0.4 is 5.32 Å². The third kappa shape index (κ3) is 3.64. The first-order chi connectivity index (χ1) is 13.8. The van der Waals surface area contributed by atoms with Crippen molar-refractivity contribution in [2.45, 2.75) is 58.4 Å². The first-order valence-electron chi connectivity index (χ1n) is 10.4. The lowest BCUT2D eigenvalue weighted by atomic mass is 9.86. The predicted molar refractivity (Wildman–Crippen MR) is 112 cm³/mol. The Bertz CT molecular complexity index is 984. The molecule has 0 aromatic heterocycles. The van der Waals surface area contributed by atoms with Crippen LogP contribution in [0.2, 0.25) is 0 Å². The first kappa shape index (κ1) is 19.6. The van der Waals surface area contributed by atoms with E-state index in [-0.39, 0.29) is 36.4 Å². The smallest absolute Gasteiger partial charge is 0.221 e. The molecule has 29 heavy (non-hydrogen) atoms. The van der Waals surface area contributed by atoms with Crippen molar-refractivity contribution < 1.29 is 14.4 Å². The number of rotatable bonds is 4. The van der Waals surface area contributed by atoms with E-state index in [1.807, 2.05) is 45.0 Å². The number of benzene rings is 2. The van der Waals surface area contributed by atoms with Gasteiger partial charge in [-0.2, -0.15) is 0 Å². The lowest BCUT2D eigenvalue weighted by Gasteiger charge is -2.17.